The predicted molar refractivity (Wildman–Crippen MR) is 114 cm³/mol. The molecule has 0 unspecified atom stereocenters. The third-order valence-corrected chi connectivity index (χ3v) is 5.17. The molecule has 1 heteroatoms. The molecule has 25 heavy (non-hydrogen) atoms. The first-order valence-electron chi connectivity index (χ1n) is 11.7. The van der Waals surface area contributed by atoms with Crippen LogP contribution in [0.2, 0.25) is 0 Å². The van der Waals surface area contributed by atoms with Crippen molar-refractivity contribution in [1.82, 2.24) is 0 Å². The molecule has 0 aromatic heterocycles. The van der Waals surface area contributed by atoms with Crippen molar-refractivity contribution in [3.05, 3.63) is 12.2 Å². The van der Waals surface area contributed by atoms with Crippen LogP contribution in [0.25, 0.3) is 0 Å². The van der Waals surface area contributed by atoms with Gasteiger partial charge in [0.2, 0.25) is 0 Å². The van der Waals surface area contributed by atoms with Crippen LogP contribution in [0.3, 0.4) is 0 Å². The van der Waals surface area contributed by atoms with Gasteiger partial charge in [0.15, 0.2) is 0 Å². The average molecular weight is 353 g/mol. The fourth-order valence-corrected chi connectivity index (χ4v) is 3.42. The topological polar surface area (TPSA) is 20.2 Å². The Labute approximate surface area is 159 Å². The van der Waals surface area contributed by atoms with Crippen molar-refractivity contribution >= 4 is 0 Å². The van der Waals surface area contributed by atoms with Crippen LogP contribution in [0.1, 0.15) is 135 Å². The zero-order valence-corrected chi connectivity index (χ0v) is 17.5. The number of aliphatic hydroxyl groups excluding tert-OH is 1. The lowest BCUT2D eigenvalue weighted by atomic mass is 10.1. The molecule has 0 amide bonds. The zero-order valence-electron chi connectivity index (χ0n) is 17.5. The van der Waals surface area contributed by atoms with E-state index in [0.29, 0.717) is 6.61 Å². The fraction of sp³-hybridized carbons (Fsp3) is 0.917. The summed E-state index contributed by atoms with van der Waals surface area (Å²) in [5.41, 5.74) is 0. The Kier molecular flexibility index (Phi) is 23.4. The summed E-state index contributed by atoms with van der Waals surface area (Å²) in [5, 5.41) is 8.72. The number of unbranched alkanes of at least 4 members (excludes halogenated alkanes) is 18. The Bertz CT molecular complexity index is 246. The molecule has 0 saturated heterocycles. The summed E-state index contributed by atoms with van der Waals surface area (Å²) >= 11 is 0. The van der Waals surface area contributed by atoms with Crippen LogP contribution >= 0.6 is 0 Å². The number of rotatable bonds is 21. The van der Waals surface area contributed by atoms with Gasteiger partial charge in [0.05, 0.1) is 0 Å². The maximum Gasteiger partial charge on any atom is 0.0431 e. The molecule has 0 spiro atoms. The second-order valence-corrected chi connectivity index (χ2v) is 7.78. The first-order valence-corrected chi connectivity index (χ1v) is 11.7. The molecule has 0 fully saturated rings. The fourth-order valence-electron chi connectivity index (χ4n) is 3.42. The maximum absolute atomic E-state index is 8.72. The Morgan fingerprint density at radius 1 is 0.440 bits per heavy atom. The Morgan fingerprint density at radius 3 is 1.12 bits per heavy atom. The molecule has 0 heterocycles. The lowest BCUT2D eigenvalue weighted by Gasteiger charge is -2.01. The largest absolute Gasteiger partial charge is 0.396 e. The van der Waals surface area contributed by atoms with E-state index >= 15 is 0 Å². The van der Waals surface area contributed by atoms with E-state index in [-0.39, 0.29) is 0 Å². The minimum Gasteiger partial charge on any atom is -0.396 e. The Balaban J connectivity index is 3.04. The van der Waals surface area contributed by atoms with Crippen molar-refractivity contribution in [2.75, 3.05) is 6.61 Å². The molecule has 1 nitrogen and oxygen atoms in total. The van der Waals surface area contributed by atoms with E-state index in [1.807, 2.05) is 0 Å². The summed E-state index contributed by atoms with van der Waals surface area (Å²) in [6.45, 7) is 2.66. The highest BCUT2D eigenvalue weighted by Crippen LogP contribution is 2.12. The highest BCUT2D eigenvalue weighted by atomic mass is 16.2. The van der Waals surface area contributed by atoms with Gasteiger partial charge in [0, 0.05) is 6.61 Å². The molecule has 0 atom stereocenters. The molecule has 1 N–H and O–H groups in total. The zero-order chi connectivity index (χ0) is 18.3. The van der Waals surface area contributed by atoms with Gasteiger partial charge >= 0.3 is 0 Å². The smallest absolute Gasteiger partial charge is 0.0431 e. The van der Waals surface area contributed by atoms with Crippen LogP contribution in [0.4, 0.5) is 0 Å². The molecule has 0 aliphatic carbocycles. The number of hydrogen-bond donors (Lipinski definition) is 1. The van der Waals surface area contributed by atoms with E-state index in [4.69, 9.17) is 5.11 Å². The maximum atomic E-state index is 8.72. The van der Waals surface area contributed by atoms with E-state index in [1.165, 1.54) is 122 Å². The first-order chi connectivity index (χ1) is 12.4. The number of hydrogen-bond acceptors (Lipinski definition) is 1. The van der Waals surface area contributed by atoms with Crippen LogP contribution < -0.4 is 0 Å². The van der Waals surface area contributed by atoms with E-state index < -0.39 is 0 Å². The molecule has 150 valence electrons. The lowest BCUT2D eigenvalue weighted by Crippen LogP contribution is -1.84. The Morgan fingerprint density at radius 2 is 0.760 bits per heavy atom. The number of aliphatic hydroxyl groups is 1. The lowest BCUT2D eigenvalue weighted by molar-refractivity contribution is 0.282. The van der Waals surface area contributed by atoms with Gasteiger partial charge in [-0.1, -0.05) is 115 Å². The summed E-state index contributed by atoms with van der Waals surface area (Å²) in [7, 11) is 0. The van der Waals surface area contributed by atoms with Crippen molar-refractivity contribution in [3.8, 4) is 0 Å². The summed E-state index contributed by atoms with van der Waals surface area (Å²) in [4.78, 5) is 0. The van der Waals surface area contributed by atoms with Gasteiger partial charge < -0.3 is 5.11 Å². The normalized spacial score (nSPS) is 11.6. The monoisotopic (exact) mass is 352 g/mol. The summed E-state index contributed by atoms with van der Waals surface area (Å²) in [5.74, 6) is 0. The van der Waals surface area contributed by atoms with Gasteiger partial charge in [-0.3, -0.25) is 0 Å². The number of allylic oxidation sites excluding steroid dienone is 2. The second kappa shape index (κ2) is 23.7. The molecule has 0 saturated carbocycles. The summed E-state index contributed by atoms with van der Waals surface area (Å²) in [6, 6.07) is 0. The van der Waals surface area contributed by atoms with Crippen LogP contribution in [0.15, 0.2) is 12.2 Å². The van der Waals surface area contributed by atoms with Gasteiger partial charge in [-0.05, 0) is 32.1 Å². The standard InChI is InChI=1S/C24H48O/c1-2-3-4-5-6-7-8-9-10-11-12-13-14-15-16-17-18-19-20-21-22-23-24-25/h11-12,25H,2-10,13-24H2,1H3. The van der Waals surface area contributed by atoms with Gasteiger partial charge in [-0.25, -0.2) is 0 Å². The molecule has 0 aliphatic rings. The molecule has 0 radical (unpaired) electrons. The van der Waals surface area contributed by atoms with Crippen LogP contribution in [-0.4, -0.2) is 11.7 Å². The van der Waals surface area contributed by atoms with Gasteiger partial charge in [0.25, 0.3) is 0 Å². The molecular formula is C24H48O. The molecule has 0 bridgehead atoms. The first kappa shape index (κ1) is 24.7. The third kappa shape index (κ3) is 23.7. The SMILES string of the molecule is CCCCCCCCCCC=CCCCCCCCCCCCCO. The molecule has 0 aromatic carbocycles. The van der Waals surface area contributed by atoms with Crippen LogP contribution in [0, 0.1) is 0 Å². The molecule has 0 aromatic rings. The van der Waals surface area contributed by atoms with Crippen molar-refractivity contribution < 1.29 is 5.11 Å². The quantitative estimate of drug-likeness (QED) is 0.162. The van der Waals surface area contributed by atoms with E-state index in [0.717, 1.165) is 6.42 Å². The van der Waals surface area contributed by atoms with Crippen molar-refractivity contribution in [1.29, 1.82) is 0 Å². The van der Waals surface area contributed by atoms with Crippen LogP contribution in [-0.2, 0) is 0 Å². The van der Waals surface area contributed by atoms with Crippen molar-refractivity contribution in [3.63, 3.8) is 0 Å². The van der Waals surface area contributed by atoms with E-state index in [1.54, 1.807) is 0 Å². The highest BCUT2D eigenvalue weighted by molar-refractivity contribution is 4.81. The summed E-state index contributed by atoms with van der Waals surface area (Å²) < 4.78 is 0. The second-order valence-electron chi connectivity index (χ2n) is 7.78. The average Bonchev–Trinajstić information content (AvgIpc) is 2.63. The molecule has 0 aliphatic heterocycles. The van der Waals surface area contributed by atoms with Crippen LogP contribution in [0.5, 0.6) is 0 Å². The molecule has 0 rings (SSSR count). The van der Waals surface area contributed by atoms with E-state index in [2.05, 4.69) is 19.1 Å². The summed E-state index contributed by atoms with van der Waals surface area (Å²) in [6.07, 6.45) is 32.1. The molecular weight excluding hydrogens is 304 g/mol. The van der Waals surface area contributed by atoms with Gasteiger partial charge in [-0.15, -0.1) is 0 Å². The van der Waals surface area contributed by atoms with E-state index in [9.17, 15) is 0 Å². The highest BCUT2D eigenvalue weighted by Gasteiger charge is 1.93. The third-order valence-electron chi connectivity index (χ3n) is 5.17. The van der Waals surface area contributed by atoms with Crippen molar-refractivity contribution in [2.45, 2.75) is 135 Å². The van der Waals surface area contributed by atoms with Gasteiger partial charge in [0.1, 0.15) is 0 Å². The Hall–Kier alpha value is -0.300. The minimum atomic E-state index is 0.369. The minimum absolute atomic E-state index is 0.369. The van der Waals surface area contributed by atoms with Crippen molar-refractivity contribution in [2.24, 2.45) is 0 Å². The van der Waals surface area contributed by atoms with Gasteiger partial charge in [-0.2, -0.15) is 0 Å². The predicted octanol–water partition coefficient (Wildman–Crippen LogP) is 8.36.